The van der Waals surface area contributed by atoms with Crippen LogP contribution in [-0.2, 0) is 19.1 Å². The van der Waals surface area contributed by atoms with Gasteiger partial charge in [-0.15, -0.1) is 22.7 Å². The molecule has 0 radical (unpaired) electrons. The smallest absolute Gasteiger partial charge is 0.318 e. The fraction of sp³-hybridized carbons (Fsp3) is 0.346. The van der Waals surface area contributed by atoms with Gasteiger partial charge < -0.3 is 39.7 Å². The molecule has 4 atom stereocenters. The van der Waals surface area contributed by atoms with E-state index in [2.05, 4.69) is 59.2 Å². The van der Waals surface area contributed by atoms with Crippen LogP contribution in [0.1, 0.15) is 71.0 Å². The molecular formula is C52H54N8O6S2. The van der Waals surface area contributed by atoms with E-state index in [-0.39, 0.29) is 36.0 Å². The Morgan fingerprint density at radius 1 is 0.500 bits per heavy atom. The summed E-state index contributed by atoms with van der Waals surface area (Å²) in [4.78, 5) is 74.3. The second-order valence-electron chi connectivity index (χ2n) is 17.4. The number of hydrogen-bond donors (Lipinski definition) is 2. The third-order valence-corrected chi connectivity index (χ3v) is 15.5. The second-order valence-corrected chi connectivity index (χ2v) is 19.6. The first-order valence-corrected chi connectivity index (χ1v) is 25.1. The maximum Gasteiger partial charge on any atom is 0.318 e. The van der Waals surface area contributed by atoms with Gasteiger partial charge in [0, 0.05) is 51.7 Å². The molecule has 350 valence electrons. The third kappa shape index (κ3) is 9.90. The fourth-order valence-corrected chi connectivity index (χ4v) is 11.7. The van der Waals surface area contributed by atoms with Crippen LogP contribution in [-0.4, -0.2) is 119 Å². The maximum atomic E-state index is 14.3. The molecule has 10 rings (SSSR count). The lowest BCUT2D eigenvalue weighted by atomic mass is 10.0. The second kappa shape index (κ2) is 20.8. The van der Waals surface area contributed by atoms with Crippen molar-refractivity contribution in [2.75, 3.05) is 65.7 Å². The summed E-state index contributed by atoms with van der Waals surface area (Å²) in [5.74, 6) is -0.257. The summed E-state index contributed by atoms with van der Waals surface area (Å²) in [7, 11) is 0. The lowest BCUT2D eigenvalue weighted by molar-refractivity contribution is -0.135. The predicted octanol–water partition coefficient (Wildman–Crippen LogP) is 8.49. The van der Waals surface area contributed by atoms with Crippen LogP contribution >= 0.6 is 22.7 Å². The molecule has 4 fully saturated rings. The van der Waals surface area contributed by atoms with Crippen LogP contribution < -0.4 is 10.6 Å². The van der Waals surface area contributed by atoms with Crippen molar-refractivity contribution in [3.8, 4) is 32.0 Å². The van der Waals surface area contributed by atoms with Crippen molar-refractivity contribution in [2.45, 2.75) is 49.9 Å². The Kier molecular flexibility index (Phi) is 13.9. The Labute approximate surface area is 403 Å². The van der Waals surface area contributed by atoms with Crippen LogP contribution in [0.4, 0.5) is 9.59 Å². The minimum atomic E-state index is -0.810. The van der Waals surface area contributed by atoms with Crippen molar-refractivity contribution in [1.29, 1.82) is 0 Å². The summed E-state index contributed by atoms with van der Waals surface area (Å²) in [6.45, 7) is 5.08. The maximum absolute atomic E-state index is 14.3. The highest BCUT2D eigenvalue weighted by Crippen LogP contribution is 2.41. The highest BCUT2D eigenvalue weighted by atomic mass is 32.1. The van der Waals surface area contributed by atoms with Gasteiger partial charge in [0.25, 0.3) is 0 Å². The molecule has 6 aromatic rings. The quantitative estimate of drug-likeness (QED) is 0.131. The van der Waals surface area contributed by atoms with Gasteiger partial charge in [0.15, 0.2) is 0 Å². The van der Waals surface area contributed by atoms with E-state index in [4.69, 9.17) is 19.4 Å². The number of thiazole rings is 2. The van der Waals surface area contributed by atoms with Crippen molar-refractivity contribution >= 4 is 46.6 Å². The van der Waals surface area contributed by atoms with Crippen molar-refractivity contribution in [3.63, 3.8) is 0 Å². The van der Waals surface area contributed by atoms with E-state index in [0.717, 1.165) is 78.8 Å². The molecule has 0 unspecified atom stereocenters. The Balaban J connectivity index is 0.790. The first-order chi connectivity index (χ1) is 33.4. The highest BCUT2D eigenvalue weighted by Gasteiger charge is 2.39. The van der Waals surface area contributed by atoms with E-state index in [1.165, 1.54) is 0 Å². The summed E-state index contributed by atoms with van der Waals surface area (Å²) in [5.41, 5.74) is 5.78. The first-order valence-electron chi connectivity index (χ1n) is 23.5. The molecule has 0 saturated carbocycles. The summed E-state index contributed by atoms with van der Waals surface area (Å²) in [6.07, 6.45) is 7.12. The number of nitrogens with zero attached hydrogens (tertiary/aromatic N) is 6. The molecule has 2 aromatic heterocycles. The molecule has 6 heterocycles. The molecule has 4 saturated heterocycles. The molecule has 4 aliphatic heterocycles. The number of rotatable bonds is 11. The third-order valence-electron chi connectivity index (χ3n) is 13.3. The van der Waals surface area contributed by atoms with E-state index in [1.807, 2.05) is 82.9 Å². The largest absolute Gasteiger partial charge is 0.378 e. The number of hydrogen-bond acceptors (Lipinski definition) is 10. The van der Waals surface area contributed by atoms with Gasteiger partial charge in [0.1, 0.15) is 22.1 Å². The van der Waals surface area contributed by atoms with Gasteiger partial charge in [-0.1, -0.05) is 109 Å². The fourth-order valence-electron chi connectivity index (χ4n) is 9.54. The van der Waals surface area contributed by atoms with Crippen LogP contribution in [0.2, 0.25) is 0 Å². The van der Waals surface area contributed by atoms with Crippen molar-refractivity contribution < 1.29 is 28.7 Å². The van der Waals surface area contributed by atoms with E-state index in [9.17, 15) is 19.2 Å². The van der Waals surface area contributed by atoms with E-state index in [1.54, 1.807) is 32.5 Å². The van der Waals surface area contributed by atoms with Crippen molar-refractivity contribution in [3.05, 3.63) is 143 Å². The Bertz CT molecular complexity index is 2500. The molecule has 0 aliphatic carbocycles. The van der Waals surface area contributed by atoms with Gasteiger partial charge in [0.2, 0.25) is 11.8 Å². The Hall–Kier alpha value is -6.46. The molecule has 0 spiro atoms. The summed E-state index contributed by atoms with van der Waals surface area (Å²) < 4.78 is 10.9. The molecular weight excluding hydrogens is 897 g/mol. The average Bonchev–Trinajstić information content (AvgIpc) is 4.26. The first kappa shape index (κ1) is 45.3. The van der Waals surface area contributed by atoms with Crippen LogP contribution in [0.15, 0.2) is 122 Å². The molecule has 16 heteroatoms. The van der Waals surface area contributed by atoms with Gasteiger partial charge in [-0.05, 0) is 59.1 Å². The van der Waals surface area contributed by atoms with Crippen LogP contribution in [0.5, 0.6) is 0 Å². The lowest BCUT2D eigenvalue weighted by Gasteiger charge is -2.32. The van der Waals surface area contributed by atoms with E-state index >= 15 is 0 Å². The Morgan fingerprint density at radius 2 is 0.868 bits per heavy atom. The number of benzene rings is 4. The molecule has 4 aromatic carbocycles. The number of ether oxygens (including phenoxy) is 2. The standard InChI is InChI=1S/C52H54N8O6S2/c61-49(45(39-9-3-1-4-10-39)55-51(63)57-25-29-65-30-26-57)59-23-7-13-41(59)47-53-33-43(67-47)37-19-15-35(16-20-37)36-17-21-38(22-18-36)44-34-54-48(68-44)42-14-8-24-60(42)50(62)46(40-11-5-2-6-12-40)56-52(64)58-27-31-66-32-28-58/h1-6,9-12,15-22,33-34,41-42,45-46H,7-8,13-14,23-32H2,(H,55,63)(H,56,64)/t41-,42-,45+,46+/m0/s1. The van der Waals surface area contributed by atoms with Gasteiger partial charge in [0.05, 0.1) is 48.3 Å². The van der Waals surface area contributed by atoms with Gasteiger partial charge in [-0.25, -0.2) is 19.6 Å². The normalized spacial score (nSPS) is 19.4. The number of carbonyl (C=O) groups excluding carboxylic acids is 4. The number of urea groups is 2. The molecule has 6 amide bonds. The molecule has 4 aliphatic rings. The monoisotopic (exact) mass is 950 g/mol. The minimum absolute atomic E-state index is 0.129. The van der Waals surface area contributed by atoms with E-state index < -0.39 is 12.1 Å². The summed E-state index contributed by atoms with van der Waals surface area (Å²) >= 11 is 3.21. The number of nitrogens with one attached hydrogen (secondary N) is 2. The van der Waals surface area contributed by atoms with Gasteiger partial charge in [-0.3, -0.25) is 9.59 Å². The number of amides is 6. The average molecular weight is 951 g/mol. The van der Waals surface area contributed by atoms with E-state index in [0.29, 0.717) is 65.7 Å². The van der Waals surface area contributed by atoms with Crippen LogP contribution in [0, 0.1) is 0 Å². The van der Waals surface area contributed by atoms with Gasteiger partial charge in [-0.2, -0.15) is 0 Å². The van der Waals surface area contributed by atoms with Crippen molar-refractivity contribution in [1.82, 2.24) is 40.2 Å². The number of carbonyl (C=O) groups is 4. The van der Waals surface area contributed by atoms with Crippen LogP contribution in [0.3, 0.4) is 0 Å². The summed E-state index contributed by atoms with van der Waals surface area (Å²) in [5, 5.41) is 7.87. The predicted molar refractivity (Wildman–Crippen MR) is 262 cm³/mol. The molecule has 2 N–H and O–H groups in total. The highest BCUT2D eigenvalue weighted by molar-refractivity contribution is 7.15. The topological polar surface area (TPSA) is 150 Å². The van der Waals surface area contributed by atoms with Crippen molar-refractivity contribution in [2.24, 2.45) is 0 Å². The molecule has 68 heavy (non-hydrogen) atoms. The zero-order valence-corrected chi connectivity index (χ0v) is 39.3. The van der Waals surface area contributed by atoms with Gasteiger partial charge >= 0.3 is 12.1 Å². The van der Waals surface area contributed by atoms with Crippen LogP contribution in [0.25, 0.3) is 32.0 Å². The number of likely N-dealkylation sites (tertiary alicyclic amines) is 2. The zero-order chi connectivity index (χ0) is 46.4. The summed E-state index contributed by atoms with van der Waals surface area (Å²) in [6, 6.07) is 33.4. The zero-order valence-electron chi connectivity index (χ0n) is 37.7. The molecule has 14 nitrogen and oxygen atoms in total. The minimum Gasteiger partial charge on any atom is -0.378 e. The lowest BCUT2D eigenvalue weighted by Crippen LogP contribution is -2.50. The Morgan fingerprint density at radius 3 is 1.25 bits per heavy atom. The number of morpholine rings is 2. The SMILES string of the molecule is O=C(N[C@@H](C(=O)N1CCC[C@H]1c1ncc(-c2ccc(-c3ccc(-c4cnc([C@@H]5CCCN5C(=O)[C@H](NC(=O)N5CCOCC5)c5ccccc5)s4)cc3)cc2)s1)c1ccccc1)N1CCOCC1. The number of aromatic nitrogens is 2. The molecule has 0 bridgehead atoms.